The van der Waals surface area contributed by atoms with Crippen molar-refractivity contribution in [2.75, 3.05) is 7.11 Å². The minimum absolute atomic E-state index is 0.344. The molecule has 1 aromatic rings. The highest BCUT2D eigenvalue weighted by molar-refractivity contribution is 5.53. The van der Waals surface area contributed by atoms with E-state index in [0.29, 0.717) is 12.3 Å². The Morgan fingerprint density at radius 2 is 2.45 bits per heavy atom. The molecule has 0 aliphatic rings. The van der Waals surface area contributed by atoms with Crippen LogP contribution in [0.4, 0.5) is 0 Å². The van der Waals surface area contributed by atoms with Crippen molar-refractivity contribution in [1.29, 1.82) is 0 Å². The number of carbonyl (C=O) groups is 1. The molecule has 0 saturated heterocycles. The van der Waals surface area contributed by atoms with Crippen molar-refractivity contribution in [1.82, 2.24) is 4.98 Å². The van der Waals surface area contributed by atoms with Crippen LogP contribution in [0.1, 0.15) is 5.69 Å². The van der Waals surface area contributed by atoms with E-state index >= 15 is 0 Å². The molecular weight excluding hydrogens is 142 g/mol. The topological polar surface area (TPSA) is 39.2 Å². The van der Waals surface area contributed by atoms with Crippen LogP contribution in [0, 0.1) is 0 Å². The summed E-state index contributed by atoms with van der Waals surface area (Å²) in [4.78, 5) is 14.1. The number of rotatable bonds is 3. The lowest BCUT2D eigenvalue weighted by Gasteiger charge is -1.98. The number of carbonyl (C=O) groups excluding carboxylic acids is 1. The Bertz CT molecular complexity index is 248. The molecule has 0 aliphatic heterocycles. The van der Waals surface area contributed by atoms with Gasteiger partial charge in [0.05, 0.1) is 12.8 Å². The Kier molecular flexibility index (Phi) is 2.60. The van der Waals surface area contributed by atoms with Gasteiger partial charge in [-0.25, -0.2) is 4.98 Å². The van der Waals surface area contributed by atoms with Gasteiger partial charge in [-0.3, -0.25) is 0 Å². The molecule has 0 saturated carbocycles. The molecule has 58 valence electrons. The molecule has 0 spiro atoms. The van der Waals surface area contributed by atoms with Crippen LogP contribution in [0.5, 0.6) is 5.88 Å². The Labute approximate surface area is 65.0 Å². The number of nitrogens with zero attached hydrogens (tertiary/aromatic N) is 1. The van der Waals surface area contributed by atoms with Gasteiger partial charge in [-0.1, -0.05) is 6.07 Å². The molecule has 0 N–H and O–H groups in total. The molecule has 0 fully saturated rings. The van der Waals surface area contributed by atoms with Gasteiger partial charge in [0.1, 0.15) is 6.29 Å². The van der Waals surface area contributed by atoms with Crippen LogP contribution in [-0.4, -0.2) is 18.4 Å². The van der Waals surface area contributed by atoms with E-state index in [1.165, 1.54) is 0 Å². The molecule has 1 rings (SSSR count). The lowest BCUT2D eigenvalue weighted by Crippen LogP contribution is -1.93. The van der Waals surface area contributed by atoms with E-state index in [1.807, 2.05) is 6.07 Å². The summed E-state index contributed by atoms with van der Waals surface area (Å²) in [5.74, 6) is 0.546. The molecule has 1 aromatic heterocycles. The third-order valence-electron chi connectivity index (χ3n) is 1.28. The SMILES string of the molecule is COc1cccc(CC=O)n1. The van der Waals surface area contributed by atoms with Gasteiger partial charge in [-0.15, -0.1) is 0 Å². The molecule has 0 bridgehead atoms. The minimum Gasteiger partial charge on any atom is -0.481 e. The highest BCUT2D eigenvalue weighted by Crippen LogP contribution is 2.05. The first kappa shape index (κ1) is 7.72. The summed E-state index contributed by atoms with van der Waals surface area (Å²) in [5, 5.41) is 0. The number of hydrogen-bond donors (Lipinski definition) is 0. The van der Waals surface area contributed by atoms with E-state index in [9.17, 15) is 4.79 Å². The second kappa shape index (κ2) is 3.71. The molecule has 0 radical (unpaired) electrons. The van der Waals surface area contributed by atoms with Crippen molar-refractivity contribution in [2.45, 2.75) is 6.42 Å². The van der Waals surface area contributed by atoms with Crippen molar-refractivity contribution in [2.24, 2.45) is 0 Å². The zero-order chi connectivity index (χ0) is 8.10. The first-order valence-corrected chi connectivity index (χ1v) is 3.30. The van der Waals surface area contributed by atoms with Crippen molar-refractivity contribution in [3.8, 4) is 5.88 Å². The lowest BCUT2D eigenvalue weighted by molar-refractivity contribution is -0.107. The Morgan fingerprint density at radius 1 is 1.64 bits per heavy atom. The van der Waals surface area contributed by atoms with Gasteiger partial charge in [0, 0.05) is 12.5 Å². The minimum atomic E-state index is 0.344. The number of pyridine rings is 1. The van der Waals surface area contributed by atoms with Gasteiger partial charge in [0.15, 0.2) is 0 Å². The molecule has 0 aliphatic carbocycles. The van der Waals surface area contributed by atoms with Crippen molar-refractivity contribution < 1.29 is 9.53 Å². The number of aldehydes is 1. The van der Waals surface area contributed by atoms with Crippen LogP contribution in [0.2, 0.25) is 0 Å². The third-order valence-corrected chi connectivity index (χ3v) is 1.28. The van der Waals surface area contributed by atoms with Crippen LogP contribution in [0.25, 0.3) is 0 Å². The second-order valence-corrected chi connectivity index (χ2v) is 2.04. The summed E-state index contributed by atoms with van der Waals surface area (Å²) >= 11 is 0. The molecule has 0 amide bonds. The smallest absolute Gasteiger partial charge is 0.213 e. The standard InChI is InChI=1S/C8H9NO2/c1-11-8-4-2-3-7(9-8)5-6-10/h2-4,6H,5H2,1H3. The summed E-state index contributed by atoms with van der Waals surface area (Å²) in [6.07, 6.45) is 1.17. The Balaban J connectivity index is 2.82. The second-order valence-electron chi connectivity index (χ2n) is 2.04. The van der Waals surface area contributed by atoms with Gasteiger partial charge in [0.25, 0.3) is 0 Å². The quantitative estimate of drug-likeness (QED) is 0.601. The maximum absolute atomic E-state index is 10.1. The summed E-state index contributed by atoms with van der Waals surface area (Å²) in [5.41, 5.74) is 0.736. The normalized spacial score (nSPS) is 9.18. The van der Waals surface area contributed by atoms with E-state index in [-0.39, 0.29) is 0 Å². The zero-order valence-electron chi connectivity index (χ0n) is 6.28. The zero-order valence-corrected chi connectivity index (χ0v) is 6.28. The first-order chi connectivity index (χ1) is 5.36. The predicted molar refractivity (Wildman–Crippen MR) is 40.6 cm³/mol. The van der Waals surface area contributed by atoms with Gasteiger partial charge < -0.3 is 9.53 Å². The third kappa shape index (κ3) is 2.04. The van der Waals surface area contributed by atoms with E-state index in [0.717, 1.165) is 12.0 Å². The highest BCUT2D eigenvalue weighted by Gasteiger charge is 1.94. The monoisotopic (exact) mass is 151 g/mol. The van der Waals surface area contributed by atoms with Gasteiger partial charge in [-0.05, 0) is 6.07 Å². The summed E-state index contributed by atoms with van der Waals surface area (Å²) in [6, 6.07) is 5.34. The largest absolute Gasteiger partial charge is 0.481 e. The fraction of sp³-hybridized carbons (Fsp3) is 0.250. The average Bonchev–Trinajstić information content (AvgIpc) is 2.06. The van der Waals surface area contributed by atoms with Gasteiger partial charge in [0.2, 0.25) is 5.88 Å². The molecule has 0 aromatic carbocycles. The van der Waals surface area contributed by atoms with Crippen LogP contribution in [0.15, 0.2) is 18.2 Å². The van der Waals surface area contributed by atoms with E-state index in [4.69, 9.17) is 4.74 Å². The molecule has 0 atom stereocenters. The fourth-order valence-electron chi connectivity index (χ4n) is 0.770. The van der Waals surface area contributed by atoms with Gasteiger partial charge >= 0.3 is 0 Å². The maximum Gasteiger partial charge on any atom is 0.213 e. The van der Waals surface area contributed by atoms with Gasteiger partial charge in [-0.2, -0.15) is 0 Å². The lowest BCUT2D eigenvalue weighted by atomic mass is 10.3. The van der Waals surface area contributed by atoms with Crippen molar-refractivity contribution in [3.05, 3.63) is 23.9 Å². The average molecular weight is 151 g/mol. The van der Waals surface area contributed by atoms with Crippen LogP contribution in [-0.2, 0) is 11.2 Å². The van der Waals surface area contributed by atoms with Crippen LogP contribution >= 0.6 is 0 Å². The number of ether oxygens (including phenoxy) is 1. The van der Waals surface area contributed by atoms with Crippen LogP contribution in [0.3, 0.4) is 0 Å². The molecule has 1 heterocycles. The Hall–Kier alpha value is -1.38. The van der Waals surface area contributed by atoms with Crippen LogP contribution < -0.4 is 4.74 Å². The molecular formula is C8H9NO2. The molecule has 3 nitrogen and oxygen atoms in total. The van der Waals surface area contributed by atoms with E-state index in [2.05, 4.69) is 4.98 Å². The number of aromatic nitrogens is 1. The molecule has 0 unspecified atom stereocenters. The number of hydrogen-bond acceptors (Lipinski definition) is 3. The summed E-state index contributed by atoms with van der Waals surface area (Å²) < 4.78 is 4.87. The Morgan fingerprint density at radius 3 is 3.09 bits per heavy atom. The summed E-state index contributed by atoms with van der Waals surface area (Å²) in [6.45, 7) is 0. The number of methoxy groups -OCH3 is 1. The molecule has 11 heavy (non-hydrogen) atoms. The molecule has 3 heteroatoms. The first-order valence-electron chi connectivity index (χ1n) is 3.30. The van der Waals surface area contributed by atoms with E-state index in [1.54, 1.807) is 19.2 Å². The predicted octanol–water partition coefficient (Wildman–Crippen LogP) is 0.832. The highest BCUT2D eigenvalue weighted by atomic mass is 16.5. The van der Waals surface area contributed by atoms with Crippen molar-refractivity contribution in [3.63, 3.8) is 0 Å². The van der Waals surface area contributed by atoms with E-state index < -0.39 is 0 Å². The maximum atomic E-state index is 10.1. The summed E-state index contributed by atoms with van der Waals surface area (Å²) in [7, 11) is 1.55. The fourth-order valence-corrected chi connectivity index (χ4v) is 0.770. The van der Waals surface area contributed by atoms with Crippen molar-refractivity contribution >= 4 is 6.29 Å².